The van der Waals surface area contributed by atoms with Crippen molar-refractivity contribution in [3.05, 3.63) is 12.2 Å². The van der Waals surface area contributed by atoms with Crippen LogP contribution in [0.1, 0.15) is 58.3 Å². The Balaban J connectivity index is 3.98. The Morgan fingerprint density at radius 3 is 2.32 bits per heavy atom. The number of allylic oxidation sites excluding steroid dienone is 2. The van der Waals surface area contributed by atoms with Crippen LogP contribution >= 0.6 is 0 Å². The van der Waals surface area contributed by atoms with Gasteiger partial charge in [0.05, 0.1) is 6.42 Å². The van der Waals surface area contributed by atoms with Crippen molar-refractivity contribution in [2.45, 2.75) is 84.0 Å². The van der Waals surface area contributed by atoms with Gasteiger partial charge in [-0.25, -0.2) is 4.79 Å². The maximum absolute atomic E-state index is 12.0. The standard InChI is InChI=1S/C18H36NO2Si/c1-6-7-8-9-10-13-16-19(21-2)18(20)15-12-11-14-17-22(3,4)5/h11,14,16H,6-10,12-13,15,17H2,1-5H3/q+1/b14-11+,19-16-. The summed E-state index contributed by atoms with van der Waals surface area (Å²) in [6.07, 6.45) is 14.7. The number of hydroxylamine groups is 1. The van der Waals surface area contributed by atoms with Crippen molar-refractivity contribution in [3.8, 4) is 0 Å². The number of hydrogen-bond donors (Lipinski definition) is 0. The predicted octanol–water partition coefficient (Wildman–Crippen LogP) is 5.19. The van der Waals surface area contributed by atoms with Crippen molar-refractivity contribution < 1.29 is 14.4 Å². The van der Waals surface area contributed by atoms with Gasteiger partial charge in [0.1, 0.15) is 7.11 Å². The molecule has 0 heterocycles. The minimum atomic E-state index is -1.01. The first-order chi connectivity index (χ1) is 10.4. The second kappa shape index (κ2) is 12.6. The highest BCUT2D eigenvalue weighted by Gasteiger charge is 2.17. The summed E-state index contributed by atoms with van der Waals surface area (Å²) in [5, 5.41) is 0. The third kappa shape index (κ3) is 12.8. The van der Waals surface area contributed by atoms with E-state index < -0.39 is 8.07 Å². The van der Waals surface area contributed by atoms with Crippen LogP contribution in [0.5, 0.6) is 0 Å². The van der Waals surface area contributed by atoms with E-state index in [2.05, 4.69) is 38.7 Å². The van der Waals surface area contributed by atoms with Gasteiger partial charge in [0.25, 0.3) is 0 Å². The second-order valence-corrected chi connectivity index (χ2v) is 12.6. The predicted molar refractivity (Wildman–Crippen MR) is 98.2 cm³/mol. The quantitative estimate of drug-likeness (QED) is 0.123. The fourth-order valence-corrected chi connectivity index (χ4v) is 2.98. The van der Waals surface area contributed by atoms with Gasteiger partial charge in [-0.15, -0.1) is 0 Å². The number of hydrogen-bond acceptors (Lipinski definition) is 2. The van der Waals surface area contributed by atoms with Gasteiger partial charge < -0.3 is 0 Å². The summed E-state index contributed by atoms with van der Waals surface area (Å²) >= 11 is 0. The lowest BCUT2D eigenvalue weighted by Crippen LogP contribution is -2.20. The number of amides is 1. The van der Waals surface area contributed by atoms with Crippen LogP contribution in [-0.2, 0) is 9.63 Å². The lowest BCUT2D eigenvalue weighted by molar-refractivity contribution is -0.710. The first kappa shape index (κ1) is 21.1. The lowest BCUT2D eigenvalue weighted by atomic mass is 10.1. The minimum Gasteiger partial charge on any atom is -0.272 e. The molecule has 0 fully saturated rings. The molecule has 4 heteroatoms. The lowest BCUT2D eigenvalue weighted by Gasteiger charge is -2.11. The molecule has 128 valence electrons. The Bertz CT molecular complexity index is 357. The first-order valence-electron chi connectivity index (χ1n) is 8.75. The fourth-order valence-electron chi connectivity index (χ4n) is 2.11. The molecular formula is C18H36NO2Si+. The Morgan fingerprint density at radius 2 is 1.73 bits per heavy atom. The van der Waals surface area contributed by atoms with Gasteiger partial charge in [0.2, 0.25) is 6.21 Å². The molecule has 0 radical (unpaired) electrons. The van der Waals surface area contributed by atoms with Crippen molar-refractivity contribution in [2.75, 3.05) is 7.11 Å². The average Bonchev–Trinajstić information content (AvgIpc) is 2.45. The molecule has 1 amide bonds. The van der Waals surface area contributed by atoms with Gasteiger partial charge >= 0.3 is 5.91 Å². The molecule has 0 aliphatic carbocycles. The number of carbonyl (C=O) groups excluding carboxylic acids is 1. The number of carbonyl (C=O) groups is 1. The van der Waals surface area contributed by atoms with Crippen LogP contribution in [0.4, 0.5) is 0 Å². The van der Waals surface area contributed by atoms with Crippen molar-refractivity contribution in [3.63, 3.8) is 0 Å². The summed E-state index contributed by atoms with van der Waals surface area (Å²) in [6, 6.07) is 1.18. The van der Waals surface area contributed by atoms with Crippen LogP contribution < -0.4 is 0 Å². The molecule has 0 aliphatic rings. The maximum atomic E-state index is 12.0. The summed E-state index contributed by atoms with van der Waals surface area (Å²) in [4.78, 5) is 17.2. The van der Waals surface area contributed by atoms with Crippen molar-refractivity contribution >= 4 is 20.2 Å². The van der Waals surface area contributed by atoms with Gasteiger partial charge in [0, 0.05) is 19.2 Å². The highest BCUT2D eigenvalue weighted by Crippen LogP contribution is 2.09. The smallest absolute Gasteiger partial charge is 0.272 e. The molecule has 0 atom stereocenters. The van der Waals surface area contributed by atoms with E-state index in [0.29, 0.717) is 6.42 Å². The highest BCUT2D eigenvalue weighted by molar-refractivity contribution is 6.76. The van der Waals surface area contributed by atoms with Crippen LogP contribution in [-0.4, -0.2) is 32.0 Å². The molecule has 3 nitrogen and oxygen atoms in total. The Morgan fingerprint density at radius 1 is 1.05 bits per heavy atom. The average molecular weight is 327 g/mol. The normalized spacial score (nSPS) is 12.9. The molecule has 0 rings (SSSR count). The molecule has 22 heavy (non-hydrogen) atoms. The molecule has 0 unspecified atom stereocenters. The highest BCUT2D eigenvalue weighted by atomic mass is 28.3. The van der Waals surface area contributed by atoms with E-state index >= 15 is 0 Å². The first-order valence-corrected chi connectivity index (χ1v) is 12.5. The zero-order valence-electron chi connectivity index (χ0n) is 15.4. The summed E-state index contributed by atoms with van der Waals surface area (Å²) in [6.45, 7) is 9.27. The van der Waals surface area contributed by atoms with Crippen LogP contribution in [0, 0.1) is 0 Å². The van der Waals surface area contributed by atoms with E-state index in [-0.39, 0.29) is 5.91 Å². The minimum absolute atomic E-state index is 0.0497. The molecule has 0 spiro atoms. The fraction of sp³-hybridized carbons (Fsp3) is 0.778. The molecule has 0 N–H and O–H groups in total. The number of unbranched alkanes of at least 4 members (excludes halogenated alkanes) is 5. The monoisotopic (exact) mass is 326 g/mol. The van der Waals surface area contributed by atoms with Crippen molar-refractivity contribution in [1.82, 2.24) is 0 Å². The Hall–Kier alpha value is -0.903. The van der Waals surface area contributed by atoms with Crippen molar-refractivity contribution in [2.24, 2.45) is 0 Å². The van der Waals surface area contributed by atoms with E-state index in [1.54, 1.807) is 7.11 Å². The number of rotatable bonds is 12. The zero-order chi connectivity index (χ0) is 16.8. The number of nitrogens with zero attached hydrogens (tertiary/aromatic N) is 1. The third-order valence-electron chi connectivity index (χ3n) is 3.47. The molecular weight excluding hydrogens is 290 g/mol. The maximum Gasteiger partial charge on any atom is 0.433 e. The summed E-state index contributed by atoms with van der Waals surface area (Å²) in [7, 11) is 0.554. The van der Waals surface area contributed by atoms with Gasteiger partial charge in [-0.1, -0.05) is 64.4 Å². The molecule has 0 aromatic carbocycles. The van der Waals surface area contributed by atoms with E-state index in [1.165, 1.54) is 36.5 Å². The van der Waals surface area contributed by atoms with Crippen LogP contribution in [0.15, 0.2) is 12.2 Å². The molecule has 0 saturated carbocycles. The molecule has 0 aliphatic heterocycles. The van der Waals surface area contributed by atoms with Gasteiger partial charge in [-0.05, 0) is 18.9 Å². The molecule has 0 aromatic heterocycles. The summed E-state index contributed by atoms with van der Waals surface area (Å²) < 4.78 is 1.41. The van der Waals surface area contributed by atoms with Crippen molar-refractivity contribution in [1.29, 1.82) is 0 Å². The Labute approximate surface area is 138 Å². The van der Waals surface area contributed by atoms with E-state index in [4.69, 9.17) is 4.84 Å². The van der Waals surface area contributed by atoms with Crippen LogP contribution in [0.3, 0.4) is 0 Å². The van der Waals surface area contributed by atoms with E-state index in [1.807, 2.05) is 6.21 Å². The third-order valence-corrected chi connectivity index (χ3v) is 4.93. The topological polar surface area (TPSA) is 29.3 Å². The Kier molecular flexibility index (Phi) is 12.1. The van der Waals surface area contributed by atoms with Gasteiger partial charge in [-0.3, -0.25) is 4.84 Å². The van der Waals surface area contributed by atoms with Gasteiger partial charge in [0.15, 0.2) is 0 Å². The van der Waals surface area contributed by atoms with E-state index in [0.717, 1.165) is 19.3 Å². The molecule has 0 saturated heterocycles. The zero-order valence-corrected chi connectivity index (χ0v) is 16.4. The van der Waals surface area contributed by atoms with Crippen LogP contribution in [0.25, 0.3) is 0 Å². The molecule has 0 aromatic rings. The van der Waals surface area contributed by atoms with Crippen LogP contribution in [0.2, 0.25) is 25.7 Å². The summed E-state index contributed by atoms with van der Waals surface area (Å²) in [5.74, 6) is 0.0497. The second-order valence-electron chi connectivity index (χ2n) is 7.06. The van der Waals surface area contributed by atoms with E-state index in [9.17, 15) is 4.79 Å². The molecule has 0 bridgehead atoms. The SMILES string of the molecule is CCCCCCC/C=[N+](\OC)C(=O)CC/C=C/C[Si](C)(C)C. The largest absolute Gasteiger partial charge is 0.433 e. The van der Waals surface area contributed by atoms with Gasteiger partial charge in [-0.2, -0.15) is 0 Å². The summed E-state index contributed by atoms with van der Waals surface area (Å²) in [5.41, 5.74) is 0.